The molecule has 0 saturated carbocycles. The largest absolute Gasteiger partial charge is 0.462 e. The lowest BCUT2D eigenvalue weighted by Gasteiger charge is -2.11. The maximum absolute atomic E-state index is 14.0. The third-order valence-electron chi connectivity index (χ3n) is 4.31. The van der Waals surface area contributed by atoms with E-state index < -0.39 is 23.3 Å². The van der Waals surface area contributed by atoms with Gasteiger partial charge in [-0.25, -0.2) is 9.18 Å². The number of anilines is 1. The standard InChI is InChI=1S/C22H18ClFN2O4/c1-2-30-22(29)14-8-10-15(11-9-14)25-20(27)16-5-4-12-26(21(16)28)13-17-18(23)6-3-7-19(17)24/h3-12H,2,13H2,1H3,(H,25,27). The van der Waals surface area contributed by atoms with Crippen LogP contribution >= 0.6 is 11.6 Å². The van der Waals surface area contributed by atoms with Gasteiger partial charge in [0.15, 0.2) is 0 Å². The second-order valence-corrected chi connectivity index (χ2v) is 6.71. The fourth-order valence-electron chi connectivity index (χ4n) is 2.79. The van der Waals surface area contributed by atoms with E-state index >= 15 is 0 Å². The molecule has 1 heterocycles. The van der Waals surface area contributed by atoms with Crippen LogP contribution in [-0.2, 0) is 11.3 Å². The molecule has 0 fully saturated rings. The van der Waals surface area contributed by atoms with E-state index in [9.17, 15) is 18.8 Å². The van der Waals surface area contributed by atoms with Gasteiger partial charge in [0.05, 0.1) is 18.7 Å². The van der Waals surface area contributed by atoms with Gasteiger partial charge in [-0.1, -0.05) is 17.7 Å². The number of halogens is 2. The lowest BCUT2D eigenvalue weighted by atomic mass is 10.2. The molecule has 1 N–H and O–H groups in total. The Balaban J connectivity index is 1.79. The molecule has 0 aliphatic carbocycles. The Labute approximate surface area is 176 Å². The van der Waals surface area contributed by atoms with Crippen LogP contribution in [0.15, 0.2) is 65.6 Å². The van der Waals surface area contributed by atoms with Crippen molar-refractivity contribution in [3.63, 3.8) is 0 Å². The number of aromatic nitrogens is 1. The molecule has 1 aromatic heterocycles. The highest BCUT2D eigenvalue weighted by Gasteiger charge is 2.15. The summed E-state index contributed by atoms with van der Waals surface area (Å²) in [6.07, 6.45) is 1.45. The monoisotopic (exact) mass is 428 g/mol. The first kappa shape index (κ1) is 21.3. The number of nitrogens with zero attached hydrogens (tertiary/aromatic N) is 1. The highest BCUT2D eigenvalue weighted by molar-refractivity contribution is 6.31. The van der Waals surface area contributed by atoms with Crippen molar-refractivity contribution in [2.45, 2.75) is 13.5 Å². The molecular formula is C22H18ClFN2O4. The summed E-state index contributed by atoms with van der Waals surface area (Å²) < 4.78 is 20.2. The number of esters is 1. The number of hydrogen-bond acceptors (Lipinski definition) is 4. The predicted molar refractivity (Wildman–Crippen MR) is 112 cm³/mol. The summed E-state index contributed by atoms with van der Waals surface area (Å²) >= 11 is 6.03. The van der Waals surface area contributed by atoms with Crippen molar-refractivity contribution >= 4 is 29.2 Å². The summed E-state index contributed by atoms with van der Waals surface area (Å²) in [6.45, 7) is 1.86. The van der Waals surface area contributed by atoms with Crippen molar-refractivity contribution in [2.75, 3.05) is 11.9 Å². The van der Waals surface area contributed by atoms with Crippen molar-refractivity contribution in [1.29, 1.82) is 0 Å². The van der Waals surface area contributed by atoms with Crippen LogP contribution in [0.25, 0.3) is 0 Å². The van der Waals surface area contributed by atoms with Gasteiger partial charge in [-0.15, -0.1) is 0 Å². The van der Waals surface area contributed by atoms with Crippen molar-refractivity contribution in [2.24, 2.45) is 0 Å². The second-order valence-electron chi connectivity index (χ2n) is 6.31. The molecule has 1 amide bonds. The average molecular weight is 429 g/mol. The Bertz CT molecular complexity index is 1120. The van der Waals surface area contributed by atoms with E-state index in [0.29, 0.717) is 11.3 Å². The number of pyridine rings is 1. The van der Waals surface area contributed by atoms with E-state index in [1.807, 2.05) is 0 Å². The molecule has 8 heteroatoms. The van der Waals surface area contributed by atoms with E-state index in [1.165, 1.54) is 65.4 Å². The number of carbonyl (C=O) groups is 2. The molecule has 2 aromatic carbocycles. The Hall–Kier alpha value is -3.45. The first-order chi connectivity index (χ1) is 14.4. The van der Waals surface area contributed by atoms with Gasteiger partial charge in [-0.3, -0.25) is 9.59 Å². The lowest BCUT2D eigenvalue weighted by Crippen LogP contribution is -2.29. The SMILES string of the molecule is CCOC(=O)c1ccc(NC(=O)c2cccn(Cc3c(F)cccc3Cl)c2=O)cc1. The second kappa shape index (κ2) is 9.37. The number of carbonyl (C=O) groups excluding carboxylic acids is 2. The zero-order valence-corrected chi connectivity index (χ0v) is 16.8. The first-order valence-corrected chi connectivity index (χ1v) is 9.49. The number of amides is 1. The van der Waals surface area contributed by atoms with Gasteiger partial charge in [-0.05, 0) is 55.5 Å². The van der Waals surface area contributed by atoms with E-state index in [4.69, 9.17) is 16.3 Å². The van der Waals surface area contributed by atoms with E-state index in [-0.39, 0.29) is 29.3 Å². The zero-order chi connectivity index (χ0) is 21.7. The molecule has 0 aliphatic rings. The van der Waals surface area contributed by atoms with Crippen molar-refractivity contribution < 1.29 is 18.7 Å². The van der Waals surface area contributed by atoms with Crippen LogP contribution in [0.3, 0.4) is 0 Å². The van der Waals surface area contributed by atoms with Gasteiger partial charge < -0.3 is 14.6 Å². The highest BCUT2D eigenvalue weighted by atomic mass is 35.5. The summed E-state index contributed by atoms with van der Waals surface area (Å²) in [5, 5.41) is 2.80. The maximum atomic E-state index is 14.0. The molecule has 3 rings (SSSR count). The number of benzene rings is 2. The van der Waals surface area contributed by atoms with Crippen LogP contribution in [0.5, 0.6) is 0 Å². The molecule has 0 unspecified atom stereocenters. The van der Waals surface area contributed by atoms with E-state index in [2.05, 4.69) is 5.32 Å². The van der Waals surface area contributed by atoms with Crippen LogP contribution in [0, 0.1) is 5.82 Å². The minimum Gasteiger partial charge on any atom is -0.462 e. The molecule has 0 atom stereocenters. The van der Waals surface area contributed by atoms with Crippen LogP contribution in [-0.4, -0.2) is 23.1 Å². The van der Waals surface area contributed by atoms with Gasteiger partial charge in [0.25, 0.3) is 11.5 Å². The smallest absolute Gasteiger partial charge is 0.338 e. The number of hydrogen-bond donors (Lipinski definition) is 1. The molecule has 154 valence electrons. The fourth-order valence-corrected chi connectivity index (χ4v) is 3.01. The van der Waals surface area contributed by atoms with Crippen molar-refractivity contribution in [3.8, 4) is 0 Å². The molecule has 30 heavy (non-hydrogen) atoms. The highest BCUT2D eigenvalue weighted by Crippen LogP contribution is 2.19. The first-order valence-electron chi connectivity index (χ1n) is 9.11. The van der Waals surface area contributed by atoms with E-state index in [0.717, 1.165) is 0 Å². The van der Waals surface area contributed by atoms with Gasteiger partial charge in [0, 0.05) is 22.5 Å². The van der Waals surface area contributed by atoms with Crippen LogP contribution in [0.4, 0.5) is 10.1 Å². The van der Waals surface area contributed by atoms with E-state index in [1.54, 1.807) is 6.92 Å². The summed E-state index contributed by atoms with van der Waals surface area (Å²) in [6, 6.07) is 13.2. The summed E-state index contributed by atoms with van der Waals surface area (Å²) in [5.74, 6) is -1.63. The lowest BCUT2D eigenvalue weighted by molar-refractivity contribution is 0.0526. The zero-order valence-electron chi connectivity index (χ0n) is 16.0. The molecular weight excluding hydrogens is 411 g/mol. The van der Waals surface area contributed by atoms with Gasteiger partial charge >= 0.3 is 5.97 Å². The maximum Gasteiger partial charge on any atom is 0.338 e. The minimum atomic E-state index is -0.627. The number of nitrogens with one attached hydrogen (secondary N) is 1. The Morgan fingerprint density at radius 2 is 1.83 bits per heavy atom. The normalized spacial score (nSPS) is 10.5. The van der Waals surface area contributed by atoms with Crippen LogP contribution in [0.1, 0.15) is 33.2 Å². The minimum absolute atomic E-state index is 0.111. The molecule has 6 nitrogen and oxygen atoms in total. The molecule has 3 aromatic rings. The molecule has 0 spiro atoms. The van der Waals surface area contributed by atoms with Gasteiger partial charge in [0.2, 0.25) is 0 Å². The number of ether oxygens (including phenoxy) is 1. The topological polar surface area (TPSA) is 77.4 Å². The van der Waals surface area contributed by atoms with Gasteiger partial charge in [0.1, 0.15) is 11.4 Å². The predicted octanol–water partition coefficient (Wildman–Crippen LogP) is 4.12. The summed E-state index contributed by atoms with van der Waals surface area (Å²) in [4.78, 5) is 37.0. The summed E-state index contributed by atoms with van der Waals surface area (Å²) in [7, 11) is 0. The Morgan fingerprint density at radius 1 is 1.10 bits per heavy atom. The molecule has 0 radical (unpaired) electrons. The number of rotatable bonds is 6. The van der Waals surface area contributed by atoms with Gasteiger partial charge in [-0.2, -0.15) is 0 Å². The summed E-state index contributed by atoms with van der Waals surface area (Å²) in [5.41, 5.74) is 0.212. The third kappa shape index (κ3) is 4.75. The molecule has 0 aliphatic heterocycles. The quantitative estimate of drug-likeness (QED) is 0.599. The Morgan fingerprint density at radius 3 is 2.50 bits per heavy atom. The third-order valence-corrected chi connectivity index (χ3v) is 4.66. The van der Waals surface area contributed by atoms with Crippen LogP contribution < -0.4 is 10.9 Å². The fraction of sp³-hybridized carbons (Fsp3) is 0.136. The van der Waals surface area contributed by atoms with Crippen molar-refractivity contribution in [3.05, 3.63) is 98.7 Å². The van der Waals surface area contributed by atoms with Crippen molar-refractivity contribution in [1.82, 2.24) is 4.57 Å². The Kier molecular flexibility index (Phi) is 6.64. The molecule has 0 saturated heterocycles. The molecule has 0 bridgehead atoms. The van der Waals surface area contributed by atoms with Crippen LogP contribution in [0.2, 0.25) is 5.02 Å². The average Bonchev–Trinajstić information content (AvgIpc) is 2.72.